The normalized spacial score (nSPS) is 17.5. The quantitative estimate of drug-likeness (QED) is 0.893. The molecular formula is C16H14N2O2. The zero-order valence-electron chi connectivity index (χ0n) is 10.8. The van der Waals surface area contributed by atoms with Crippen molar-refractivity contribution in [1.29, 1.82) is 0 Å². The number of allylic oxidation sites excluding steroid dienone is 2. The second-order valence-corrected chi connectivity index (χ2v) is 4.82. The summed E-state index contributed by atoms with van der Waals surface area (Å²) in [4.78, 5) is 18.2. The molecule has 4 heteroatoms. The maximum absolute atomic E-state index is 11.0. The Hall–Kier alpha value is -2.62. The molecule has 1 aromatic carbocycles. The van der Waals surface area contributed by atoms with E-state index in [-0.39, 0.29) is 11.5 Å². The van der Waals surface area contributed by atoms with Crippen LogP contribution >= 0.6 is 0 Å². The molecule has 3 rings (SSSR count). The van der Waals surface area contributed by atoms with Crippen LogP contribution in [0.15, 0.2) is 48.2 Å². The molecule has 0 amide bonds. The fourth-order valence-electron chi connectivity index (χ4n) is 2.44. The van der Waals surface area contributed by atoms with Crippen molar-refractivity contribution < 1.29 is 9.90 Å². The minimum atomic E-state index is -0.925. The maximum Gasteiger partial charge on any atom is 0.335 e. The van der Waals surface area contributed by atoms with Gasteiger partial charge in [-0.05, 0) is 24.1 Å². The Bertz CT molecular complexity index is 753. The number of aromatic nitrogens is 1. The largest absolute Gasteiger partial charge is 0.478 e. The van der Waals surface area contributed by atoms with Gasteiger partial charge in [0.05, 0.1) is 5.56 Å². The maximum atomic E-state index is 11.0. The molecule has 1 aliphatic heterocycles. The summed E-state index contributed by atoms with van der Waals surface area (Å²) < 4.78 is 0. The smallest absolute Gasteiger partial charge is 0.335 e. The second kappa shape index (κ2) is 4.81. The number of nitrogens with one attached hydrogen (secondary N) is 1. The number of fused-ring (bicyclic) bond motifs is 1. The monoisotopic (exact) mass is 266 g/mol. The number of nitrogens with zero attached hydrogens (tertiary/aromatic N) is 1. The molecule has 4 nitrogen and oxygen atoms in total. The Balaban J connectivity index is 2.00. The van der Waals surface area contributed by atoms with Gasteiger partial charge < -0.3 is 10.1 Å². The summed E-state index contributed by atoms with van der Waals surface area (Å²) in [5.41, 5.74) is 3.10. The fourth-order valence-corrected chi connectivity index (χ4v) is 2.44. The molecule has 1 aliphatic rings. The Morgan fingerprint density at radius 2 is 2.30 bits per heavy atom. The van der Waals surface area contributed by atoms with E-state index < -0.39 is 5.97 Å². The Morgan fingerprint density at radius 1 is 1.45 bits per heavy atom. The molecule has 1 unspecified atom stereocenters. The summed E-state index contributed by atoms with van der Waals surface area (Å²) in [6.45, 7) is 4.17. The van der Waals surface area contributed by atoms with Crippen LogP contribution in [-0.2, 0) is 0 Å². The Morgan fingerprint density at radius 3 is 3.00 bits per heavy atom. The highest BCUT2D eigenvalue weighted by atomic mass is 16.4. The number of benzene rings is 1. The van der Waals surface area contributed by atoms with E-state index in [1.54, 1.807) is 18.3 Å². The van der Waals surface area contributed by atoms with E-state index in [1.807, 2.05) is 24.6 Å². The van der Waals surface area contributed by atoms with Gasteiger partial charge in [-0.15, -0.1) is 0 Å². The highest BCUT2D eigenvalue weighted by molar-refractivity contribution is 5.99. The Kier molecular flexibility index (Phi) is 2.99. The predicted octanol–water partition coefficient (Wildman–Crippen LogP) is 3.48. The minimum absolute atomic E-state index is 0.193. The molecule has 0 saturated heterocycles. The molecule has 2 heterocycles. The number of aromatic amines is 1. The summed E-state index contributed by atoms with van der Waals surface area (Å²) in [5.74, 6) is -0.732. The first kappa shape index (κ1) is 12.4. The van der Waals surface area contributed by atoms with Crippen LogP contribution in [0.4, 0.5) is 0 Å². The number of carboxylic acids is 1. The van der Waals surface area contributed by atoms with E-state index in [0.29, 0.717) is 0 Å². The molecule has 1 aromatic heterocycles. The first-order valence-corrected chi connectivity index (χ1v) is 6.38. The zero-order chi connectivity index (χ0) is 14.1. The third kappa shape index (κ3) is 2.05. The van der Waals surface area contributed by atoms with E-state index >= 15 is 0 Å². The molecule has 2 N–H and O–H groups in total. The summed E-state index contributed by atoms with van der Waals surface area (Å²) in [6, 6.07) is 5.08. The van der Waals surface area contributed by atoms with E-state index in [9.17, 15) is 4.79 Å². The summed E-state index contributed by atoms with van der Waals surface area (Å²) in [5, 5.41) is 10.00. The van der Waals surface area contributed by atoms with Crippen molar-refractivity contribution >= 4 is 28.7 Å². The van der Waals surface area contributed by atoms with Crippen LogP contribution in [0.1, 0.15) is 22.3 Å². The summed E-state index contributed by atoms with van der Waals surface area (Å²) in [6.07, 6.45) is 8.48. The third-order valence-corrected chi connectivity index (χ3v) is 3.57. The van der Waals surface area contributed by atoms with Gasteiger partial charge in [0.15, 0.2) is 0 Å². The number of aliphatic imine (C=N–C) groups is 1. The number of hydrogen-bond donors (Lipinski definition) is 2. The topological polar surface area (TPSA) is 65.5 Å². The van der Waals surface area contributed by atoms with Crippen LogP contribution in [0, 0.1) is 5.92 Å². The van der Waals surface area contributed by atoms with Crippen molar-refractivity contribution in [2.75, 3.05) is 0 Å². The van der Waals surface area contributed by atoms with Crippen LogP contribution in [-0.4, -0.2) is 22.3 Å². The fraction of sp³-hybridized carbons (Fsp3) is 0.125. The van der Waals surface area contributed by atoms with Crippen LogP contribution in [0.2, 0.25) is 0 Å². The molecule has 1 atom stereocenters. The van der Waals surface area contributed by atoms with Gasteiger partial charge in [0.25, 0.3) is 0 Å². The number of rotatable bonds is 3. The molecule has 20 heavy (non-hydrogen) atoms. The Labute approximate surface area is 116 Å². The zero-order valence-corrected chi connectivity index (χ0v) is 10.8. The lowest BCUT2D eigenvalue weighted by Gasteiger charge is -2.14. The number of hydrogen-bond acceptors (Lipinski definition) is 2. The van der Waals surface area contributed by atoms with Gasteiger partial charge in [0.2, 0.25) is 0 Å². The van der Waals surface area contributed by atoms with Gasteiger partial charge in [0.1, 0.15) is 0 Å². The number of carboxylic acid groups (broad SMARTS) is 1. The van der Waals surface area contributed by atoms with Crippen LogP contribution in [0.25, 0.3) is 16.5 Å². The minimum Gasteiger partial charge on any atom is -0.478 e. The van der Waals surface area contributed by atoms with E-state index in [1.165, 1.54) is 0 Å². The van der Waals surface area contributed by atoms with Gasteiger partial charge >= 0.3 is 5.97 Å². The highest BCUT2D eigenvalue weighted by Gasteiger charge is 2.16. The van der Waals surface area contributed by atoms with Gasteiger partial charge in [-0.1, -0.05) is 18.7 Å². The summed E-state index contributed by atoms with van der Waals surface area (Å²) >= 11 is 0. The SMILES string of the molecule is C=C(c1c[nH]c2cc(C(=O)O)ccc12)C1C=NC=CC1. The van der Waals surface area contributed by atoms with Gasteiger partial charge in [-0.25, -0.2) is 4.79 Å². The van der Waals surface area contributed by atoms with Crippen molar-refractivity contribution in [3.05, 3.63) is 54.4 Å². The molecule has 2 aromatic rings. The molecule has 0 fully saturated rings. The first-order chi connectivity index (χ1) is 9.66. The average Bonchev–Trinajstić information content (AvgIpc) is 2.90. The van der Waals surface area contributed by atoms with E-state index in [4.69, 9.17) is 5.11 Å². The van der Waals surface area contributed by atoms with Crippen molar-refractivity contribution in [1.82, 2.24) is 4.98 Å². The molecule has 0 bridgehead atoms. The van der Waals surface area contributed by atoms with Crippen molar-refractivity contribution in [3.8, 4) is 0 Å². The molecule has 100 valence electrons. The highest BCUT2D eigenvalue weighted by Crippen LogP contribution is 2.31. The number of H-pyrrole nitrogens is 1. The average molecular weight is 266 g/mol. The van der Waals surface area contributed by atoms with Crippen molar-refractivity contribution in [2.24, 2.45) is 10.9 Å². The third-order valence-electron chi connectivity index (χ3n) is 3.57. The van der Waals surface area contributed by atoms with Gasteiger partial charge in [-0.2, -0.15) is 0 Å². The lowest BCUT2D eigenvalue weighted by molar-refractivity contribution is 0.0697. The van der Waals surface area contributed by atoms with Gasteiger partial charge in [-0.3, -0.25) is 4.99 Å². The van der Waals surface area contributed by atoms with Crippen LogP contribution in [0.5, 0.6) is 0 Å². The van der Waals surface area contributed by atoms with Gasteiger partial charge in [0, 0.05) is 41.0 Å². The molecule has 0 saturated carbocycles. The van der Waals surface area contributed by atoms with Crippen LogP contribution in [0.3, 0.4) is 0 Å². The molecule has 0 aliphatic carbocycles. The molecule has 0 radical (unpaired) electrons. The molecular weight excluding hydrogens is 252 g/mol. The summed E-state index contributed by atoms with van der Waals surface area (Å²) in [7, 11) is 0. The number of aromatic carboxylic acids is 1. The standard InChI is InChI=1S/C16H14N2O2/c1-10(12-3-2-6-17-8-12)14-9-18-15-7-11(16(19)20)4-5-13(14)15/h2,4-9,12,18H,1,3H2,(H,19,20). The predicted molar refractivity (Wildman–Crippen MR) is 80.0 cm³/mol. The lowest BCUT2D eigenvalue weighted by atomic mass is 9.91. The van der Waals surface area contributed by atoms with E-state index in [2.05, 4.69) is 16.6 Å². The number of carbonyl (C=O) groups is 1. The van der Waals surface area contributed by atoms with Crippen molar-refractivity contribution in [3.63, 3.8) is 0 Å². The molecule has 0 spiro atoms. The van der Waals surface area contributed by atoms with Crippen molar-refractivity contribution in [2.45, 2.75) is 6.42 Å². The van der Waals surface area contributed by atoms with Crippen LogP contribution < -0.4 is 0 Å². The lowest BCUT2D eigenvalue weighted by Crippen LogP contribution is -2.05. The first-order valence-electron chi connectivity index (χ1n) is 6.38. The second-order valence-electron chi connectivity index (χ2n) is 4.82. The van der Waals surface area contributed by atoms with E-state index in [0.717, 1.165) is 28.5 Å².